The van der Waals surface area contributed by atoms with Gasteiger partial charge in [-0.15, -0.1) is 0 Å². The van der Waals surface area contributed by atoms with E-state index in [9.17, 15) is 14.0 Å². The SMILES string of the molecule is COc1ccc(CNC(=O)NC(=O)C(C)(C)[C@@H]2c3ccc(Cl)nc3Oc3c(F)cccc32)cc1. The normalized spacial score (nSPS) is 14.3. The van der Waals surface area contributed by atoms with Gasteiger partial charge in [0.2, 0.25) is 11.8 Å². The minimum atomic E-state index is -1.17. The Morgan fingerprint density at radius 3 is 2.56 bits per heavy atom. The quantitative estimate of drug-likeness (QED) is 0.488. The topological polar surface area (TPSA) is 89.6 Å². The smallest absolute Gasteiger partial charge is 0.321 e. The van der Waals surface area contributed by atoms with Crippen LogP contribution in [-0.2, 0) is 11.3 Å². The Kier molecular flexibility index (Phi) is 6.43. The first-order chi connectivity index (χ1) is 16.2. The number of nitrogens with zero attached hydrogens (tertiary/aromatic N) is 1. The Balaban J connectivity index is 1.55. The fraction of sp³-hybridized carbons (Fsp3) is 0.240. The van der Waals surface area contributed by atoms with Crippen molar-refractivity contribution in [2.24, 2.45) is 5.41 Å². The van der Waals surface area contributed by atoms with Gasteiger partial charge in [-0.2, -0.15) is 0 Å². The number of hydrogen-bond acceptors (Lipinski definition) is 5. The maximum atomic E-state index is 14.6. The zero-order chi connectivity index (χ0) is 24.5. The van der Waals surface area contributed by atoms with E-state index in [0.29, 0.717) is 16.9 Å². The third kappa shape index (κ3) is 4.54. The van der Waals surface area contributed by atoms with E-state index in [2.05, 4.69) is 15.6 Å². The summed E-state index contributed by atoms with van der Waals surface area (Å²) in [6.45, 7) is 3.59. The molecular formula is C25H23ClFN3O4. The lowest BCUT2D eigenvalue weighted by Gasteiger charge is -2.37. The highest BCUT2D eigenvalue weighted by molar-refractivity contribution is 6.29. The van der Waals surface area contributed by atoms with Gasteiger partial charge in [0.1, 0.15) is 10.9 Å². The summed E-state index contributed by atoms with van der Waals surface area (Å²) in [6.07, 6.45) is 0. The lowest BCUT2D eigenvalue weighted by molar-refractivity contribution is -0.128. The Morgan fingerprint density at radius 2 is 1.85 bits per heavy atom. The van der Waals surface area contributed by atoms with Crippen LogP contribution in [0.3, 0.4) is 0 Å². The number of benzene rings is 2. The third-order valence-electron chi connectivity index (χ3n) is 5.82. The molecule has 0 unspecified atom stereocenters. The number of fused-ring (bicyclic) bond motifs is 2. The van der Waals surface area contributed by atoms with E-state index in [-0.39, 0.29) is 23.3 Å². The monoisotopic (exact) mass is 483 g/mol. The summed E-state index contributed by atoms with van der Waals surface area (Å²) in [5.74, 6) is -0.943. The van der Waals surface area contributed by atoms with E-state index in [1.54, 1.807) is 57.4 Å². The first-order valence-electron chi connectivity index (χ1n) is 10.6. The third-order valence-corrected chi connectivity index (χ3v) is 6.03. The zero-order valence-electron chi connectivity index (χ0n) is 18.8. The Bertz CT molecular complexity index is 1250. The van der Waals surface area contributed by atoms with Gasteiger partial charge in [0.25, 0.3) is 0 Å². The first-order valence-corrected chi connectivity index (χ1v) is 10.9. The molecule has 1 aliphatic heterocycles. The van der Waals surface area contributed by atoms with Crippen LogP contribution in [0.2, 0.25) is 5.15 Å². The second-order valence-corrected chi connectivity index (χ2v) is 8.82. The van der Waals surface area contributed by atoms with Crippen LogP contribution in [0, 0.1) is 11.2 Å². The highest BCUT2D eigenvalue weighted by Crippen LogP contribution is 2.52. The molecule has 1 atom stereocenters. The van der Waals surface area contributed by atoms with Gasteiger partial charge in [0.15, 0.2) is 11.6 Å². The van der Waals surface area contributed by atoms with Crippen LogP contribution in [0.15, 0.2) is 54.6 Å². The lowest BCUT2D eigenvalue weighted by Crippen LogP contribution is -2.48. The molecule has 176 valence electrons. The summed E-state index contributed by atoms with van der Waals surface area (Å²) in [5, 5.41) is 5.25. The van der Waals surface area contributed by atoms with Gasteiger partial charge in [-0.1, -0.05) is 49.7 Å². The van der Waals surface area contributed by atoms with Gasteiger partial charge in [-0.3, -0.25) is 10.1 Å². The van der Waals surface area contributed by atoms with Crippen molar-refractivity contribution in [2.75, 3.05) is 7.11 Å². The summed E-state index contributed by atoms with van der Waals surface area (Å²) in [6, 6.07) is 14.3. The summed E-state index contributed by atoms with van der Waals surface area (Å²) < 4.78 is 25.4. The fourth-order valence-electron chi connectivity index (χ4n) is 4.00. The molecule has 0 saturated carbocycles. The summed E-state index contributed by atoms with van der Waals surface area (Å²) in [7, 11) is 1.57. The van der Waals surface area contributed by atoms with Gasteiger partial charge in [-0.05, 0) is 35.9 Å². The van der Waals surface area contributed by atoms with E-state index < -0.39 is 29.1 Å². The van der Waals surface area contributed by atoms with Crippen LogP contribution in [-0.4, -0.2) is 24.0 Å². The molecule has 1 aliphatic rings. The molecule has 9 heteroatoms. The van der Waals surface area contributed by atoms with E-state index >= 15 is 0 Å². The van der Waals surface area contributed by atoms with Crippen molar-refractivity contribution in [1.29, 1.82) is 0 Å². The number of methoxy groups -OCH3 is 1. The number of aromatic nitrogens is 1. The zero-order valence-corrected chi connectivity index (χ0v) is 19.6. The van der Waals surface area contributed by atoms with Crippen molar-refractivity contribution in [2.45, 2.75) is 26.3 Å². The highest BCUT2D eigenvalue weighted by atomic mass is 35.5. The van der Waals surface area contributed by atoms with Gasteiger partial charge in [-0.25, -0.2) is 14.2 Å². The van der Waals surface area contributed by atoms with Crippen molar-refractivity contribution < 1.29 is 23.5 Å². The van der Waals surface area contributed by atoms with Crippen molar-refractivity contribution >= 4 is 23.5 Å². The molecule has 7 nitrogen and oxygen atoms in total. The second-order valence-electron chi connectivity index (χ2n) is 8.43. The van der Waals surface area contributed by atoms with Crippen LogP contribution in [0.25, 0.3) is 0 Å². The van der Waals surface area contributed by atoms with Gasteiger partial charge >= 0.3 is 6.03 Å². The Hall–Kier alpha value is -3.65. The van der Waals surface area contributed by atoms with Crippen molar-refractivity contribution in [3.05, 3.63) is 82.3 Å². The van der Waals surface area contributed by atoms with Crippen LogP contribution in [0.4, 0.5) is 9.18 Å². The van der Waals surface area contributed by atoms with Crippen molar-refractivity contribution in [1.82, 2.24) is 15.6 Å². The average Bonchev–Trinajstić information content (AvgIpc) is 2.82. The molecule has 0 aliphatic carbocycles. The molecule has 0 fully saturated rings. The molecular weight excluding hydrogens is 461 g/mol. The molecule has 2 aromatic carbocycles. The van der Waals surface area contributed by atoms with Crippen LogP contribution < -0.4 is 20.1 Å². The fourth-order valence-corrected chi connectivity index (χ4v) is 4.14. The number of ether oxygens (including phenoxy) is 2. The number of carbonyl (C=O) groups is 2. The first kappa shape index (κ1) is 23.5. The van der Waals surface area contributed by atoms with Crippen LogP contribution >= 0.6 is 11.6 Å². The van der Waals surface area contributed by atoms with Crippen LogP contribution in [0.5, 0.6) is 17.4 Å². The minimum absolute atomic E-state index is 0.0143. The number of carbonyl (C=O) groups excluding carboxylic acids is 2. The Morgan fingerprint density at radius 1 is 1.12 bits per heavy atom. The standard InChI is InChI=1S/C25H23ClFN3O4/c1-25(2,23(31)30-24(32)28-13-14-7-9-15(33-3)10-8-14)20-16-5-4-6-18(27)21(16)34-22-17(20)11-12-19(26)29-22/h4-12,20H,13H2,1-3H3,(H2,28,30,31,32)/t20-/m0/s1. The molecule has 1 aromatic heterocycles. The van der Waals surface area contributed by atoms with Crippen LogP contribution in [0.1, 0.15) is 36.5 Å². The largest absolute Gasteiger partial charge is 0.497 e. The highest BCUT2D eigenvalue weighted by Gasteiger charge is 2.45. The van der Waals surface area contributed by atoms with E-state index in [1.807, 2.05) is 12.1 Å². The maximum absolute atomic E-state index is 14.6. The minimum Gasteiger partial charge on any atom is -0.497 e. The molecule has 2 N–H and O–H groups in total. The van der Waals surface area contributed by atoms with E-state index in [1.165, 1.54) is 6.07 Å². The number of rotatable bonds is 5. The summed E-state index contributed by atoms with van der Waals surface area (Å²) >= 11 is 6.02. The van der Waals surface area contributed by atoms with Gasteiger partial charge in [0, 0.05) is 23.6 Å². The van der Waals surface area contributed by atoms with Gasteiger partial charge in [0.05, 0.1) is 12.5 Å². The van der Waals surface area contributed by atoms with E-state index in [4.69, 9.17) is 21.1 Å². The molecule has 0 bridgehead atoms. The Labute approximate surface area is 201 Å². The predicted molar refractivity (Wildman–Crippen MR) is 125 cm³/mol. The lowest BCUT2D eigenvalue weighted by atomic mass is 9.69. The number of halogens is 2. The molecule has 0 saturated heterocycles. The molecule has 0 spiro atoms. The average molecular weight is 484 g/mol. The number of urea groups is 1. The molecule has 4 rings (SSSR count). The number of para-hydroxylation sites is 1. The summed E-state index contributed by atoms with van der Waals surface area (Å²) in [5.41, 5.74) is 0.721. The molecule has 0 radical (unpaired) electrons. The number of nitrogens with one attached hydrogen (secondary N) is 2. The number of pyridine rings is 1. The second kappa shape index (κ2) is 9.30. The van der Waals surface area contributed by atoms with E-state index in [0.717, 1.165) is 5.56 Å². The summed E-state index contributed by atoms with van der Waals surface area (Å²) in [4.78, 5) is 29.9. The maximum Gasteiger partial charge on any atom is 0.321 e. The molecule has 2 heterocycles. The van der Waals surface area contributed by atoms with Crippen molar-refractivity contribution in [3.63, 3.8) is 0 Å². The number of amides is 3. The van der Waals surface area contributed by atoms with Crippen molar-refractivity contribution in [3.8, 4) is 17.4 Å². The van der Waals surface area contributed by atoms with Gasteiger partial charge < -0.3 is 14.8 Å². The molecule has 3 aromatic rings. The predicted octanol–water partition coefficient (Wildman–Crippen LogP) is 5.17. The molecule has 3 amide bonds. The molecule has 34 heavy (non-hydrogen) atoms. The number of imide groups is 1. The number of hydrogen-bond donors (Lipinski definition) is 2.